The van der Waals surface area contributed by atoms with E-state index in [0.29, 0.717) is 23.7 Å². The van der Waals surface area contributed by atoms with Crippen LogP contribution in [0.2, 0.25) is 0 Å². The van der Waals surface area contributed by atoms with Crippen LogP contribution in [0.5, 0.6) is 0 Å². The van der Waals surface area contributed by atoms with Gasteiger partial charge >= 0.3 is 0 Å². The van der Waals surface area contributed by atoms with Crippen LogP contribution in [-0.4, -0.2) is 0 Å². The van der Waals surface area contributed by atoms with Crippen molar-refractivity contribution in [2.75, 3.05) is 0 Å². The molecule has 100 valence electrons. The third-order valence-electron chi connectivity index (χ3n) is 4.18. The van der Waals surface area contributed by atoms with Crippen molar-refractivity contribution in [1.82, 2.24) is 0 Å². The predicted molar refractivity (Wildman–Crippen MR) is 82.5 cm³/mol. The molecule has 0 heterocycles. The van der Waals surface area contributed by atoms with Gasteiger partial charge in [0, 0.05) is 5.92 Å². The van der Waals surface area contributed by atoms with Gasteiger partial charge in [-0.3, -0.25) is 0 Å². The van der Waals surface area contributed by atoms with E-state index < -0.39 is 0 Å². The summed E-state index contributed by atoms with van der Waals surface area (Å²) in [5.74, 6) is 2.07. The van der Waals surface area contributed by atoms with E-state index in [1.807, 2.05) is 0 Å². The lowest BCUT2D eigenvalue weighted by molar-refractivity contribution is 0.289. The molecule has 0 heteroatoms. The zero-order valence-electron chi connectivity index (χ0n) is 12.9. The van der Waals surface area contributed by atoms with Gasteiger partial charge in [0.05, 0.1) is 0 Å². The predicted octanol–water partition coefficient (Wildman–Crippen LogP) is 5.55. The molecule has 0 aromatic heterocycles. The summed E-state index contributed by atoms with van der Waals surface area (Å²) >= 11 is 0. The van der Waals surface area contributed by atoms with Crippen LogP contribution in [0.15, 0.2) is 47.6 Å². The first kappa shape index (κ1) is 15.0. The highest BCUT2D eigenvalue weighted by Crippen LogP contribution is 2.45. The molecule has 1 aliphatic carbocycles. The van der Waals surface area contributed by atoms with Gasteiger partial charge in [-0.2, -0.15) is 0 Å². The molecule has 0 amide bonds. The summed E-state index contributed by atoms with van der Waals surface area (Å²) in [5, 5.41) is 0. The monoisotopic (exact) mass is 244 g/mol. The smallest absolute Gasteiger partial charge is 0.00230 e. The largest absolute Gasteiger partial charge is 0.0998 e. The van der Waals surface area contributed by atoms with Gasteiger partial charge < -0.3 is 0 Å². The minimum absolute atomic E-state index is 0.477. The molecule has 0 saturated heterocycles. The maximum Gasteiger partial charge on any atom is 0.00230 e. The van der Waals surface area contributed by atoms with Crippen molar-refractivity contribution in [2.24, 2.45) is 23.7 Å². The second-order valence-corrected chi connectivity index (χ2v) is 6.26. The molecule has 4 atom stereocenters. The fraction of sp³-hybridized carbons (Fsp3) is 0.556. The first-order chi connectivity index (χ1) is 8.25. The number of rotatable bonds is 3. The van der Waals surface area contributed by atoms with Crippen molar-refractivity contribution >= 4 is 0 Å². The van der Waals surface area contributed by atoms with E-state index in [2.05, 4.69) is 66.9 Å². The van der Waals surface area contributed by atoms with Crippen molar-refractivity contribution in [3.05, 3.63) is 47.6 Å². The molecule has 1 rings (SSSR count). The van der Waals surface area contributed by atoms with E-state index in [9.17, 15) is 0 Å². The first-order valence-electron chi connectivity index (χ1n) is 6.89. The molecule has 0 aromatic rings. The van der Waals surface area contributed by atoms with Crippen LogP contribution in [-0.2, 0) is 0 Å². The molecule has 0 bridgehead atoms. The molecule has 0 N–H and O–H groups in total. The Morgan fingerprint density at radius 2 is 1.56 bits per heavy atom. The Kier molecular flexibility index (Phi) is 4.78. The van der Waals surface area contributed by atoms with Crippen LogP contribution in [0.1, 0.15) is 41.5 Å². The van der Waals surface area contributed by atoms with Crippen LogP contribution in [0.25, 0.3) is 0 Å². The number of allylic oxidation sites excluding steroid dienone is 6. The normalized spacial score (nSPS) is 31.6. The fourth-order valence-electron chi connectivity index (χ4n) is 3.30. The SMILES string of the molecule is C=C(C)C1C(C=C(C)C)C=C(C)C(C)C1C(=C)C. The molecule has 4 unspecified atom stereocenters. The minimum atomic E-state index is 0.477. The topological polar surface area (TPSA) is 0 Å². The van der Waals surface area contributed by atoms with Gasteiger partial charge in [-0.25, -0.2) is 0 Å². The van der Waals surface area contributed by atoms with E-state index in [1.165, 1.54) is 22.3 Å². The molecular weight excluding hydrogens is 216 g/mol. The average molecular weight is 244 g/mol. The van der Waals surface area contributed by atoms with Gasteiger partial charge in [-0.1, -0.05) is 54.5 Å². The quantitative estimate of drug-likeness (QED) is 0.571. The lowest BCUT2D eigenvalue weighted by Gasteiger charge is -2.41. The summed E-state index contributed by atoms with van der Waals surface area (Å²) in [6, 6.07) is 0. The van der Waals surface area contributed by atoms with Gasteiger partial charge in [0.2, 0.25) is 0 Å². The van der Waals surface area contributed by atoms with Crippen molar-refractivity contribution in [2.45, 2.75) is 41.5 Å². The summed E-state index contributed by atoms with van der Waals surface area (Å²) in [4.78, 5) is 0. The summed E-state index contributed by atoms with van der Waals surface area (Å²) in [6.07, 6.45) is 4.81. The summed E-state index contributed by atoms with van der Waals surface area (Å²) < 4.78 is 0. The molecule has 0 radical (unpaired) electrons. The fourth-order valence-corrected chi connectivity index (χ4v) is 3.30. The highest BCUT2D eigenvalue weighted by atomic mass is 14.4. The third-order valence-corrected chi connectivity index (χ3v) is 4.18. The number of hydrogen-bond donors (Lipinski definition) is 0. The Hall–Kier alpha value is -1.04. The van der Waals surface area contributed by atoms with Crippen molar-refractivity contribution in [3.8, 4) is 0 Å². The van der Waals surface area contributed by atoms with Crippen molar-refractivity contribution < 1.29 is 0 Å². The van der Waals surface area contributed by atoms with Crippen LogP contribution >= 0.6 is 0 Å². The van der Waals surface area contributed by atoms with Gasteiger partial charge in [0.15, 0.2) is 0 Å². The minimum Gasteiger partial charge on any atom is -0.0998 e. The van der Waals surface area contributed by atoms with E-state index in [0.717, 1.165) is 0 Å². The van der Waals surface area contributed by atoms with E-state index in [4.69, 9.17) is 0 Å². The Bertz CT molecular complexity index is 402. The second-order valence-electron chi connectivity index (χ2n) is 6.26. The molecular formula is C18H28. The third kappa shape index (κ3) is 3.04. The summed E-state index contributed by atoms with van der Waals surface area (Å²) in [7, 11) is 0. The Labute approximate surface area is 113 Å². The van der Waals surface area contributed by atoms with Crippen molar-refractivity contribution in [1.29, 1.82) is 0 Å². The van der Waals surface area contributed by atoms with Crippen molar-refractivity contribution in [3.63, 3.8) is 0 Å². The molecule has 0 fully saturated rings. The molecule has 0 nitrogen and oxygen atoms in total. The highest BCUT2D eigenvalue weighted by molar-refractivity contribution is 5.28. The lowest BCUT2D eigenvalue weighted by Crippen LogP contribution is -2.33. The van der Waals surface area contributed by atoms with Crippen LogP contribution < -0.4 is 0 Å². The van der Waals surface area contributed by atoms with Crippen LogP contribution in [0.4, 0.5) is 0 Å². The van der Waals surface area contributed by atoms with Crippen LogP contribution in [0, 0.1) is 23.7 Å². The van der Waals surface area contributed by atoms with Gasteiger partial charge in [-0.05, 0) is 52.4 Å². The maximum absolute atomic E-state index is 4.23. The standard InChI is InChI=1S/C18H28/c1-11(2)9-16-10-14(7)15(8)17(12(3)4)18(16)13(5)6/h9-10,15-18H,3,5H2,1-2,4,6-8H3. The van der Waals surface area contributed by atoms with Crippen LogP contribution in [0.3, 0.4) is 0 Å². The van der Waals surface area contributed by atoms with E-state index >= 15 is 0 Å². The van der Waals surface area contributed by atoms with Gasteiger partial charge in [0.1, 0.15) is 0 Å². The Morgan fingerprint density at radius 3 is 1.94 bits per heavy atom. The van der Waals surface area contributed by atoms with E-state index in [-0.39, 0.29) is 0 Å². The van der Waals surface area contributed by atoms with Gasteiger partial charge in [0.25, 0.3) is 0 Å². The molecule has 0 saturated carbocycles. The number of hydrogen-bond acceptors (Lipinski definition) is 0. The zero-order valence-corrected chi connectivity index (χ0v) is 12.9. The summed E-state index contributed by atoms with van der Waals surface area (Å²) in [5.41, 5.74) is 5.43. The summed E-state index contributed by atoms with van der Waals surface area (Å²) in [6.45, 7) is 21.7. The maximum atomic E-state index is 4.23. The lowest BCUT2D eigenvalue weighted by atomic mass is 9.63. The Morgan fingerprint density at radius 1 is 1.06 bits per heavy atom. The first-order valence-corrected chi connectivity index (χ1v) is 6.89. The average Bonchev–Trinajstić information content (AvgIpc) is 2.20. The molecule has 0 aromatic carbocycles. The van der Waals surface area contributed by atoms with E-state index in [1.54, 1.807) is 0 Å². The highest BCUT2D eigenvalue weighted by Gasteiger charge is 2.36. The molecule has 1 aliphatic rings. The van der Waals surface area contributed by atoms with Gasteiger partial charge in [-0.15, -0.1) is 0 Å². The zero-order chi connectivity index (χ0) is 14.0. The molecule has 18 heavy (non-hydrogen) atoms. The Balaban J connectivity index is 3.29. The molecule has 0 spiro atoms. The molecule has 0 aliphatic heterocycles. The second kappa shape index (κ2) is 5.73.